The molecule has 0 spiro atoms. The van der Waals surface area contributed by atoms with Crippen molar-refractivity contribution in [1.82, 2.24) is 5.32 Å². The van der Waals surface area contributed by atoms with Crippen molar-refractivity contribution >= 4 is 38.9 Å². The molecule has 0 saturated carbocycles. The van der Waals surface area contributed by atoms with Crippen LogP contribution in [0, 0.1) is 0 Å². The van der Waals surface area contributed by atoms with Gasteiger partial charge in [-0.1, -0.05) is 31.9 Å². The number of nitrogens with one attached hydrogen (secondary N) is 2. The Labute approximate surface area is 176 Å². The standard InChI is InChI=1S/C21H25ClN2O4S/c1-3-5-13-23-21(26)15-7-12-19(18(14-15)24-20(25)6-4-2)29(27,28)17-10-8-16(22)9-11-17/h7-12,14H,3-6,13H2,1-2H3,(H,23,26)(H,24,25). The van der Waals surface area contributed by atoms with Gasteiger partial charge >= 0.3 is 0 Å². The van der Waals surface area contributed by atoms with Gasteiger partial charge in [-0.25, -0.2) is 8.42 Å². The number of amides is 2. The van der Waals surface area contributed by atoms with Crippen molar-refractivity contribution in [2.45, 2.75) is 49.3 Å². The number of rotatable bonds is 9. The Morgan fingerprint density at radius 3 is 2.31 bits per heavy atom. The van der Waals surface area contributed by atoms with Crippen LogP contribution in [-0.4, -0.2) is 26.8 Å². The zero-order valence-corrected chi connectivity index (χ0v) is 18.1. The smallest absolute Gasteiger partial charge is 0.251 e. The topological polar surface area (TPSA) is 92.3 Å². The average Bonchev–Trinajstić information content (AvgIpc) is 2.68. The van der Waals surface area contributed by atoms with E-state index in [1.54, 1.807) is 0 Å². The summed E-state index contributed by atoms with van der Waals surface area (Å²) < 4.78 is 26.2. The van der Waals surface area contributed by atoms with Crippen LogP contribution in [0.2, 0.25) is 5.02 Å². The lowest BCUT2D eigenvalue weighted by molar-refractivity contribution is -0.116. The number of hydrogen-bond acceptors (Lipinski definition) is 4. The highest BCUT2D eigenvalue weighted by atomic mass is 35.5. The second-order valence-electron chi connectivity index (χ2n) is 6.58. The van der Waals surface area contributed by atoms with Gasteiger partial charge in [0.15, 0.2) is 0 Å². The van der Waals surface area contributed by atoms with Crippen molar-refractivity contribution in [2.24, 2.45) is 0 Å². The second kappa shape index (κ2) is 10.4. The maximum Gasteiger partial charge on any atom is 0.251 e. The fourth-order valence-corrected chi connectivity index (χ4v) is 4.19. The summed E-state index contributed by atoms with van der Waals surface area (Å²) in [6.07, 6.45) is 2.64. The van der Waals surface area contributed by atoms with Crippen molar-refractivity contribution in [3.05, 3.63) is 53.1 Å². The van der Waals surface area contributed by atoms with Gasteiger partial charge in [-0.15, -0.1) is 0 Å². The van der Waals surface area contributed by atoms with Gasteiger partial charge in [0.1, 0.15) is 0 Å². The van der Waals surface area contributed by atoms with E-state index in [1.807, 2.05) is 13.8 Å². The molecule has 0 atom stereocenters. The summed E-state index contributed by atoms with van der Waals surface area (Å²) in [5.41, 5.74) is 0.365. The maximum absolute atomic E-state index is 13.1. The highest BCUT2D eigenvalue weighted by Crippen LogP contribution is 2.29. The van der Waals surface area contributed by atoms with Gasteiger partial charge in [-0.2, -0.15) is 0 Å². The zero-order chi connectivity index (χ0) is 21.4. The molecule has 0 aliphatic heterocycles. The number of unbranched alkanes of at least 4 members (excludes halogenated alkanes) is 1. The third-order valence-corrected chi connectivity index (χ3v) is 6.30. The largest absolute Gasteiger partial charge is 0.352 e. The summed E-state index contributed by atoms with van der Waals surface area (Å²) in [4.78, 5) is 24.5. The van der Waals surface area contributed by atoms with E-state index < -0.39 is 9.84 Å². The van der Waals surface area contributed by atoms with E-state index in [1.165, 1.54) is 42.5 Å². The first-order chi connectivity index (χ1) is 13.8. The quantitative estimate of drug-likeness (QED) is 0.568. The van der Waals surface area contributed by atoms with Gasteiger partial charge in [0.25, 0.3) is 5.91 Å². The zero-order valence-electron chi connectivity index (χ0n) is 16.5. The van der Waals surface area contributed by atoms with Crippen molar-refractivity contribution < 1.29 is 18.0 Å². The molecule has 2 rings (SSSR count). The lowest BCUT2D eigenvalue weighted by Crippen LogP contribution is -2.25. The molecule has 0 aliphatic carbocycles. The summed E-state index contributed by atoms with van der Waals surface area (Å²) in [5.74, 6) is -0.636. The van der Waals surface area contributed by atoms with Gasteiger partial charge in [0, 0.05) is 23.6 Å². The number of hydrogen-bond donors (Lipinski definition) is 2. The normalized spacial score (nSPS) is 11.1. The number of sulfone groups is 1. The lowest BCUT2D eigenvalue weighted by atomic mass is 10.1. The molecule has 0 unspecified atom stereocenters. The van der Waals surface area contributed by atoms with Crippen molar-refractivity contribution in [3.8, 4) is 0 Å². The van der Waals surface area contributed by atoms with Crippen molar-refractivity contribution in [2.75, 3.05) is 11.9 Å². The number of benzene rings is 2. The summed E-state index contributed by atoms with van der Waals surface area (Å²) in [7, 11) is -3.92. The van der Waals surface area contributed by atoms with E-state index in [0.29, 0.717) is 18.0 Å². The van der Waals surface area contributed by atoms with Crippen LogP contribution in [0.4, 0.5) is 5.69 Å². The Bertz CT molecular complexity index is 973. The number of carbonyl (C=O) groups excluding carboxylic acids is 2. The Hall–Kier alpha value is -2.38. The summed E-state index contributed by atoms with van der Waals surface area (Å²) in [6.45, 7) is 4.39. The summed E-state index contributed by atoms with van der Waals surface area (Å²) >= 11 is 5.85. The molecule has 0 aliphatic rings. The van der Waals surface area contributed by atoms with Gasteiger partial charge < -0.3 is 10.6 Å². The Morgan fingerprint density at radius 2 is 1.69 bits per heavy atom. The first kappa shape index (κ1) is 22.9. The van der Waals surface area contributed by atoms with Crippen LogP contribution in [0.1, 0.15) is 49.9 Å². The van der Waals surface area contributed by atoms with E-state index in [4.69, 9.17) is 11.6 Å². The highest BCUT2D eigenvalue weighted by Gasteiger charge is 2.23. The van der Waals surface area contributed by atoms with Crippen LogP contribution in [-0.2, 0) is 14.6 Å². The van der Waals surface area contributed by atoms with Gasteiger partial charge in [0.05, 0.1) is 15.5 Å². The number of halogens is 1. The molecule has 2 N–H and O–H groups in total. The average molecular weight is 437 g/mol. The molecule has 0 heterocycles. The first-order valence-corrected chi connectivity index (χ1v) is 11.4. The van der Waals surface area contributed by atoms with Crippen LogP contribution in [0.25, 0.3) is 0 Å². The van der Waals surface area contributed by atoms with E-state index in [-0.39, 0.29) is 39.3 Å². The molecule has 2 aromatic rings. The molecule has 0 radical (unpaired) electrons. The second-order valence-corrected chi connectivity index (χ2v) is 8.93. The minimum Gasteiger partial charge on any atom is -0.352 e. The fourth-order valence-electron chi connectivity index (χ4n) is 2.66. The summed E-state index contributed by atoms with van der Waals surface area (Å²) in [5, 5.41) is 5.84. The molecular formula is C21H25ClN2O4S. The molecule has 156 valence electrons. The Balaban J connectivity index is 2.45. The lowest BCUT2D eigenvalue weighted by Gasteiger charge is -2.14. The van der Waals surface area contributed by atoms with E-state index >= 15 is 0 Å². The van der Waals surface area contributed by atoms with Gasteiger partial charge in [-0.3, -0.25) is 9.59 Å². The van der Waals surface area contributed by atoms with Crippen LogP contribution >= 0.6 is 11.6 Å². The van der Waals surface area contributed by atoms with Crippen LogP contribution in [0.5, 0.6) is 0 Å². The van der Waals surface area contributed by atoms with Gasteiger partial charge in [0.2, 0.25) is 15.7 Å². The Morgan fingerprint density at radius 1 is 1.00 bits per heavy atom. The molecule has 0 aromatic heterocycles. The predicted molar refractivity (Wildman–Crippen MR) is 114 cm³/mol. The molecule has 2 amide bonds. The minimum absolute atomic E-state index is 0.0491. The maximum atomic E-state index is 13.1. The molecule has 0 bridgehead atoms. The third-order valence-electron chi connectivity index (χ3n) is 4.22. The monoisotopic (exact) mass is 436 g/mol. The minimum atomic E-state index is -3.92. The molecule has 6 nitrogen and oxygen atoms in total. The predicted octanol–water partition coefficient (Wildman–Crippen LogP) is 4.44. The van der Waals surface area contributed by atoms with Crippen LogP contribution in [0.3, 0.4) is 0 Å². The number of anilines is 1. The molecular weight excluding hydrogens is 412 g/mol. The summed E-state index contributed by atoms with van der Waals surface area (Å²) in [6, 6.07) is 9.97. The fraction of sp³-hybridized carbons (Fsp3) is 0.333. The van der Waals surface area contributed by atoms with E-state index in [0.717, 1.165) is 12.8 Å². The van der Waals surface area contributed by atoms with Crippen LogP contribution in [0.15, 0.2) is 52.3 Å². The van der Waals surface area contributed by atoms with Crippen molar-refractivity contribution in [3.63, 3.8) is 0 Å². The highest BCUT2D eigenvalue weighted by molar-refractivity contribution is 7.91. The van der Waals surface area contributed by atoms with E-state index in [2.05, 4.69) is 10.6 Å². The van der Waals surface area contributed by atoms with Crippen molar-refractivity contribution in [1.29, 1.82) is 0 Å². The molecule has 8 heteroatoms. The van der Waals surface area contributed by atoms with Gasteiger partial charge in [-0.05, 0) is 55.3 Å². The number of carbonyl (C=O) groups is 2. The molecule has 2 aromatic carbocycles. The van der Waals surface area contributed by atoms with Crippen LogP contribution < -0.4 is 10.6 Å². The molecule has 0 fully saturated rings. The SMILES string of the molecule is CCCCNC(=O)c1ccc(S(=O)(=O)c2ccc(Cl)cc2)c(NC(=O)CCC)c1. The first-order valence-electron chi connectivity index (χ1n) is 9.52. The molecule has 0 saturated heterocycles. The van der Waals surface area contributed by atoms with E-state index in [9.17, 15) is 18.0 Å². The third kappa shape index (κ3) is 6.05. The Kier molecular flexibility index (Phi) is 8.22. The molecule has 29 heavy (non-hydrogen) atoms.